The van der Waals surface area contributed by atoms with Crippen molar-refractivity contribution in [3.8, 4) is 17.9 Å². The Labute approximate surface area is 85.1 Å². The maximum atomic E-state index is 13.1. The molecule has 0 unspecified atom stereocenters. The highest BCUT2D eigenvalue weighted by molar-refractivity contribution is 5.55. The van der Waals surface area contributed by atoms with E-state index in [4.69, 9.17) is 5.26 Å². The molecule has 1 aromatic rings. The van der Waals surface area contributed by atoms with Gasteiger partial charge in [-0.15, -0.1) is 0 Å². The molecule has 0 radical (unpaired) electrons. The van der Waals surface area contributed by atoms with Crippen LogP contribution in [0.3, 0.4) is 0 Å². The van der Waals surface area contributed by atoms with Gasteiger partial charge in [0, 0.05) is 0 Å². The van der Waals surface area contributed by atoms with Crippen molar-refractivity contribution in [1.29, 1.82) is 5.26 Å². The van der Waals surface area contributed by atoms with Crippen molar-refractivity contribution in [3.63, 3.8) is 0 Å². The normalized spacial score (nSPS) is 8.60. The van der Waals surface area contributed by atoms with Crippen molar-refractivity contribution >= 4 is 6.29 Å². The lowest BCUT2D eigenvalue weighted by molar-refractivity contribution is -0.107. The topological polar surface area (TPSA) is 40.9 Å². The average molecular weight is 205 g/mol. The minimum absolute atomic E-state index is 0.0406. The van der Waals surface area contributed by atoms with Crippen LogP contribution in [0.25, 0.3) is 0 Å². The number of rotatable bonds is 1. The lowest BCUT2D eigenvalue weighted by atomic mass is 10.1. The third kappa shape index (κ3) is 2.62. The molecule has 0 heterocycles. The van der Waals surface area contributed by atoms with Gasteiger partial charge in [-0.2, -0.15) is 5.26 Å². The van der Waals surface area contributed by atoms with Gasteiger partial charge in [0.05, 0.1) is 17.5 Å². The summed E-state index contributed by atoms with van der Waals surface area (Å²) in [5, 5.41) is 8.41. The van der Waals surface area contributed by atoms with Crippen LogP contribution >= 0.6 is 0 Å². The van der Waals surface area contributed by atoms with Crippen molar-refractivity contribution in [2.24, 2.45) is 0 Å². The first-order valence-corrected chi connectivity index (χ1v) is 4.00. The Kier molecular flexibility index (Phi) is 3.54. The van der Waals surface area contributed by atoms with Crippen LogP contribution in [-0.2, 0) is 4.79 Å². The summed E-state index contributed by atoms with van der Waals surface area (Å²) in [6.07, 6.45) is 0.520. The van der Waals surface area contributed by atoms with Crippen molar-refractivity contribution < 1.29 is 13.6 Å². The van der Waals surface area contributed by atoms with Gasteiger partial charge in [-0.3, -0.25) is 0 Å². The molecule has 0 aliphatic rings. The molecule has 0 saturated heterocycles. The standard InChI is InChI=1S/C11H5F2NO/c12-10-6-9(7-14)11(13)5-8(10)3-1-2-4-15/h4-6H,2H2. The van der Waals surface area contributed by atoms with Gasteiger partial charge < -0.3 is 4.79 Å². The predicted molar refractivity (Wildman–Crippen MR) is 48.6 cm³/mol. The maximum Gasteiger partial charge on any atom is 0.142 e. The van der Waals surface area contributed by atoms with Crippen molar-refractivity contribution in [3.05, 3.63) is 34.9 Å². The van der Waals surface area contributed by atoms with Crippen LogP contribution in [0.5, 0.6) is 0 Å². The largest absolute Gasteiger partial charge is 0.302 e. The van der Waals surface area contributed by atoms with E-state index in [1.807, 2.05) is 0 Å². The molecule has 0 N–H and O–H groups in total. The van der Waals surface area contributed by atoms with Gasteiger partial charge in [0.1, 0.15) is 24.0 Å². The number of carbonyl (C=O) groups is 1. The Balaban J connectivity index is 3.13. The van der Waals surface area contributed by atoms with Gasteiger partial charge in [-0.25, -0.2) is 8.78 Å². The Bertz CT molecular complexity index is 492. The summed E-state index contributed by atoms with van der Waals surface area (Å²) in [7, 11) is 0. The molecule has 4 heteroatoms. The zero-order valence-electron chi connectivity index (χ0n) is 7.55. The van der Waals surface area contributed by atoms with E-state index >= 15 is 0 Å². The molecule has 0 spiro atoms. The molecule has 1 aromatic carbocycles. The quantitative estimate of drug-likeness (QED) is 0.518. The summed E-state index contributed by atoms with van der Waals surface area (Å²) in [5.74, 6) is 3.05. The first-order chi connectivity index (χ1) is 7.19. The summed E-state index contributed by atoms with van der Waals surface area (Å²) in [6.45, 7) is 0. The fourth-order valence-electron chi connectivity index (χ4n) is 0.916. The van der Waals surface area contributed by atoms with E-state index in [1.54, 1.807) is 0 Å². The zero-order chi connectivity index (χ0) is 11.3. The van der Waals surface area contributed by atoms with Crippen molar-refractivity contribution in [2.45, 2.75) is 6.42 Å². The van der Waals surface area contributed by atoms with Crippen LogP contribution in [0.1, 0.15) is 17.5 Å². The first kappa shape index (κ1) is 10.9. The van der Waals surface area contributed by atoms with E-state index in [2.05, 4.69) is 11.8 Å². The van der Waals surface area contributed by atoms with E-state index in [0.717, 1.165) is 12.1 Å². The zero-order valence-corrected chi connectivity index (χ0v) is 7.55. The van der Waals surface area contributed by atoms with Gasteiger partial charge in [0.15, 0.2) is 0 Å². The number of aldehydes is 1. The Hall–Kier alpha value is -2.20. The maximum absolute atomic E-state index is 13.1. The molecule has 0 aromatic heterocycles. The molecular formula is C11H5F2NO. The Morgan fingerprint density at radius 3 is 2.47 bits per heavy atom. The van der Waals surface area contributed by atoms with Crippen LogP contribution < -0.4 is 0 Å². The SMILES string of the molecule is N#Cc1cc(F)c(C#CCC=O)cc1F. The third-order valence-electron chi connectivity index (χ3n) is 1.59. The number of benzene rings is 1. The summed E-state index contributed by atoms with van der Waals surface area (Å²) < 4.78 is 26.1. The van der Waals surface area contributed by atoms with Crippen LogP contribution in [-0.4, -0.2) is 6.29 Å². The molecule has 0 aliphatic heterocycles. The first-order valence-electron chi connectivity index (χ1n) is 4.00. The summed E-state index contributed by atoms with van der Waals surface area (Å²) in [4.78, 5) is 9.93. The predicted octanol–water partition coefficient (Wildman–Crippen LogP) is 1.78. The van der Waals surface area contributed by atoms with E-state index < -0.39 is 11.6 Å². The van der Waals surface area contributed by atoms with Crippen molar-refractivity contribution in [1.82, 2.24) is 0 Å². The lowest BCUT2D eigenvalue weighted by Gasteiger charge is -1.96. The van der Waals surface area contributed by atoms with E-state index in [0.29, 0.717) is 6.29 Å². The molecule has 74 valence electrons. The molecule has 0 fully saturated rings. The molecule has 0 saturated carbocycles. The molecule has 0 aliphatic carbocycles. The number of nitrogens with zero attached hydrogens (tertiary/aromatic N) is 1. The minimum Gasteiger partial charge on any atom is -0.302 e. The monoisotopic (exact) mass is 205 g/mol. The second-order valence-corrected chi connectivity index (χ2v) is 2.60. The fraction of sp³-hybridized carbons (Fsp3) is 0.0909. The summed E-state index contributed by atoms with van der Waals surface area (Å²) in [6, 6.07) is 3.13. The number of hydrogen-bond donors (Lipinski definition) is 0. The average Bonchev–Trinajstić information content (AvgIpc) is 2.23. The molecular weight excluding hydrogens is 200 g/mol. The van der Waals surface area contributed by atoms with Gasteiger partial charge in [-0.05, 0) is 12.1 Å². The van der Waals surface area contributed by atoms with Crippen LogP contribution in [0, 0.1) is 34.8 Å². The number of hydrogen-bond acceptors (Lipinski definition) is 2. The molecule has 15 heavy (non-hydrogen) atoms. The van der Waals surface area contributed by atoms with E-state index in [1.165, 1.54) is 6.07 Å². The molecule has 0 atom stereocenters. The fourth-order valence-corrected chi connectivity index (χ4v) is 0.916. The highest BCUT2D eigenvalue weighted by Gasteiger charge is 2.07. The van der Waals surface area contributed by atoms with Gasteiger partial charge in [-0.1, -0.05) is 11.8 Å². The summed E-state index contributed by atoms with van der Waals surface area (Å²) in [5.41, 5.74) is -0.526. The van der Waals surface area contributed by atoms with E-state index in [9.17, 15) is 13.6 Å². The highest BCUT2D eigenvalue weighted by Crippen LogP contribution is 2.13. The number of carbonyl (C=O) groups excluding carboxylic acids is 1. The van der Waals surface area contributed by atoms with Crippen molar-refractivity contribution in [2.75, 3.05) is 0 Å². The minimum atomic E-state index is -0.825. The molecule has 0 bridgehead atoms. The number of nitriles is 1. The second kappa shape index (κ2) is 4.88. The van der Waals surface area contributed by atoms with Gasteiger partial charge in [0.2, 0.25) is 0 Å². The van der Waals surface area contributed by atoms with Crippen LogP contribution in [0.15, 0.2) is 12.1 Å². The Morgan fingerprint density at radius 2 is 1.87 bits per heavy atom. The third-order valence-corrected chi connectivity index (χ3v) is 1.59. The van der Waals surface area contributed by atoms with Gasteiger partial charge in [0.25, 0.3) is 0 Å². The van der Waals surface area contributed by atoms with Crippen LogP contribution in [0.4, 0.5) is 8.78 Å². The number of halogens is 2. The summed E-state index contributed by atoms with van der Waals surface area (Å²) >= 11 is 0. The lowest BCUT2D eigenvalue weighted by Crippen LogP contribution is -1.91. The second-order valence-electron chi connectivity index (χ2n) is 2.60. The molecule has 2 nitrogen and oxygen atoms in total. The molecule has 1 rings (SSSR count). The Morgan fingerprint density at radius 1 is 1.27 bits per heavy atom. The molecule has 0 amide bonds. The van der Waals surface area contributed by atoms with Crippen LogP contribution in [0.2, 0.25) is 0 Å². The van der Waals surface area contributed by atoms with E-state index in [-0.39, 0.29) is 17.5 Å². The smallest absolute Gasteiger partial charge is 0.142 e. The van der Waals surface area contributed by atoms with Gasteiger partial charge >= 0.3 is 0 Å². The highest BCUT2D eigenvalue weighted by atomic mass is 19.1.